The number of furan rings is 1. The van der Waals surface area contributed by atoms with Gasteiger partial charge in [-0.2, -0.15) is 0 Å². The zero-order chi connectivity index (χ0) is 18.0. The summed E-state index contributed by atoms with van der Waals surface area (Å²) in [7, 11) is 0. The molecule has 1 aromatic heterocycles. The zero-order valence-electron chi connectivity index (χ0n) is 14.6. The van der Waals surface area contributed by atoms with Gasteiger partial charge in [0.2, 0.25) is 0 Å². The van der Waals surface area contributed by atoms with Crippen molar-refractivity contribution < 1.29 is 19.1 Å². The van der Waals surface area contributed by atoms with Crippen LogP contribution in [0, 0.1) is 5.92 Å². The van der Waals surface area contributed by atoms with Gasteiger partial charge in [-0.15, -0.1) is 0 Å². The van der Waals surface area contributed by atoms with E-state index < -0.39 is 11.9 Å². The van der Waals surface area contributed by atoms with E-state index in [9.17, 15) is 14.7 Å². The molecule has 1 aliphatic rings. The van der Waals surface area contributed by atoms with Crippen LogP contribution in [0.3, 0.4) is 0 Å². The molecular formula is C20H23NO4. The molecule has 3 rings (SSSR count). The molecule has 1 fully saturated rings. The van der Waals surface area contributed by atoms with Gasteiger partial charge < -0.3 is 14.4 Å². The summed E-state index contributed by atoms with van der Waals surface area (Å²) < 4.78 is 5.76. The summed E-state index contributed by atoms with van der Waals surface area (Å²) in [5.41, 5.74) is 2.17. The van der Waals surface area contributed by atoms with Crippen molar-refractivity contribution in [2.24, 2.45) is 5.92 Å². The summed E-state index contributed by atoms with van der Waals surface area (Å²) in [6, 6.07) is 11.5. The lowest BCUT2D eigenvalue weighted by atomic mass is 9.93. The lowest BCUT2D eigenvalue weighted by Gasteiger charge is -2.35. The van der Waals surface area contributed by atoms with Gasteiger partial charge in [-0.05, 0) is 43.9 Å². The summed E-state index contributed by atoms with van der Waals surface area (Å²) in [5, 5.41) is 9.23. The van der Waals surface area contributed by atoms with Crippen LogP contribution in [-0.4, -0.2) is 34.5 Å². The lowest BCUT2D eigenvalue weighted by Crippen LogP contribution is -2.47. The minimum atomic E-state index is -0.846. The Kier molecular flexibility index (Phi) is 4.93. The van der Waals surface area contributed by atoms with Gasteiger partial charge >= 0.3 is 5.97 Å². The first-order valence-corrected chi connectivity index (χ1v) is 8.72. The van der Waals surface area contributed by atoms with E-state index in [1.165, 1.54) is 5.56 Å². The normalized spacial score (nSPS) is 20.5. The highest BCUT2D eigenvalue weighted by atomic mass is 16.4. The second-order valence-corrected chi connectivity index (χ2v) is 6.63. The molecule has 1 aromatic carbocycles. The van der Waals surface area contributed by atoms with Crippen molar-refractivity contribution in [2.75, 3.05) is 6.54 Å². The van der Waals surface area contributed by atoms with Crippen molar-refractivity contribution in [3.63, 3.8) is 0 Å². The maximum absolute atomic E-state index is 12.8. The molecule has 5 nitrogen and oxygen atoms in total. The Balaban J connectivity index is 1.78. The molecule has 1 N–H and O–H groups in total. The largest absolute Gasteiger partial charge is 0.481 e. The maximum atomic E-state index is 12.8. The standard InChI is InChI=1S/C20H23NO4/c1-3-14-5-8-15(9-6-14)17-10-11-18(25-17)19(22)21-12-16(20(23)24)7-4-13(21)2/h5-6,8-11,13,16H,3-4,7,12H2,1-2H3,(H,23,24). The van der Waals surface area contributed by atoms with Gasteiger partial charge in [0.25, 0.3) is 5.91 Å². The van der Waals surface area contributed by atoms with Gasteiger partial charge in [-0.25, -0.2) is 0 Å². The number of aryl methyl sites for hydroxylation is 1. The number of hydrogen-bond donors (Lipinski definition) is 1. The van der Waals surface area contributed by atoms with Crippen molar-refractivity contribution in [3.05, 3.63) is 47.7 Å². The van der Waals surface area contributed by atoms with E-state index in [4.69, 9.17) is 4.42 Å². The summed E-state index contributed by atoms with van der Waals surface area (Å²) in [6.45, 7) is 4.28. The van der Waals surface area contributed by atoms with Gasteiger partial charge in [0.1, 0.15) is 5.76 Å². The molecule has 0 aliphatic carbocycles. The van der Waals surface area contributed by atoms with E-state index in [1.54, 1.807) is 17.0 Å². The second kappa shape index (κ2) is 7.13. The molecule has 2 heterocycles. The highest BCUT2D eigenvalue weighted by Gasteiger charge is 2.34. The van der Waals surface area contributed by atoms with Gasteiger partial charge in [0.15, 0.2) is 5.76 Å². The fourth-order valence-corrected chi connectivity index (χ4v) is 3.25. The van der Waals surface area contributed by atoms with Crippen molar-refractivity contribution in [1.29, 1.82) is 0 Å². The summed E-state index contributed by atoms with van der Waals surface area (Å²) in [5.74, 6) is -0.690. The number of benzene rings is 1. The van der Waals surface area contributed by atoms with E-state index in [0.717, 1.165) is 12.0 Å². The summed E-state index contributed by atoms with van der Waals surface area (Å²) >= 11 is 0. The van der Waals surface area contributed by atoms with E-state index >= 15 is 0 Å². The minimum absolute atomic E-state index is 0.0143. The summed E-state index contributed by atoms with van der Waals surface area (Å²) in [6.07, 6.45) is 2.27. The highest BCUT2D eigenvalue weighted by Crippen LogP contribution is 2.27. The van der Waals surface area contributed by atoms with Crippen LogP contribution in [0.15, 0.2) is 40.8 Å². The number of carbonyl (C=O) groups excluding carboxylic acids is 1. The molecule has 0 bridgehead atoms. The number of amides is 1. The van der Waals surface area contributed by atoms with Crippen LogP contribution >= 0.6 is 0 Å². The number of hydrogen-bond acceptors (Lipinski definition) is 3. The molecule has 25 heavy (non-hydrogen) atoms. The molecule has 2 unspecified atom stereocenters. The number of likely N-dealkylation sites (tertiary alicyclic amines) is 1. The van der Waals surface area contributed by atoms with Crippen molar-refractivity contribution in [2.45, 2.75) is 39.2 Å². The quantitative estimate of drug-likeness (QED) is 0.917. The average molecular weight is 341 g/mol. The van der Waals surface area contributed by atoms with Crippen molar-refractivity contribution in [1.82, 2.24) is 4.90 Å². The third-order valence-electron chi connectivity index (χ3n) is 4.96. The van der Waals surface area contributed by atoms with Gasteiger partial charge in [-0.1, -0.05) is 31.2 Å². The third-order valence-corrected chi connectivity index (χ3v) is 4.96. The summed E-state index contributed by atoms with van der Waals surface area (Å²) in [4.78, 5) is 25.6. The molecule has 1 aliphatic heterocycles. The Morgan fingerprint density at radius 2 is 1.88 bits per heavy atom. The number of aliphatic carboxylic acids is 1. The Morgan fingerprint density at radius 3 is 2.52 bits per heavy atom. The molecule has 0 spiro atoms. The Morgan fingerprint density at radius 1 is 1.16 bits per heavy atom. The predicted molar refractivity (Wildman–Crippen MR) is 94.4 cm³/mol. The highest BCUT2D eigenvalue weighted by molar-refractivity contribution is 5.92. The van der Waals surface area contributed by atoms with Crippen molar-refractivity contribution >= 4 is 11.9 Å². The smallest absolute Gasteiger partial charge is 0.308 e. The van der Waals surface area contributed by atoms with Crippen LogP contribution in [0.25, 0.3) is 11.3 Å². The van der Waals surface area contributed by atoms with Crippen LogP contribution in [0.2, 0.25) is 0 Å². The third kappa shape index (κ3) is 3.60. The number of rotatable bonds is 4. The van der Waals surface area contributed by atoms with Gasteiger partial charge in [-0.3, -0.25) is 9.59 Å². The van der Waals surface area contributed by atoms with Gasteiger partial charge in [0.05, 0.1) is 5.92 Å². The van der Waals surface area contributed by atoms with E-state index in [0.29, 0.717) is 18.6 Å². The van der Waals surface area contributed by atoms with E-state index in [2.05, 4.69) is 6.92 Å². The molecular weight excluding hydrogens is 318 g/mol. The molecule has 132 valence electrons. The van der Waals surface area contributed by atoms with Crippen LogP contribution in [0.4, 0.5) is 0 Å². The van der Waals surface area contributed by atoms with Crippen LogP contribution in [0.1, 0.15) is 42.8 Å². The lowest BCUT2D eigenvalue weighted by molar-refractivity contribution is -0.143. The van der Waals surface area contributed by atoms with Crippen LogP contribution in [-0.2, 0) is 11.2 Å². The fourth-order valence-electron chi connectivity index (χ4n) is 3.25. The number of carboxylic acids is 1. The molecule has 0 radical (unpaired) electrons. The Hall–Kier alpha value is -2.56. The topological polar surface area (TPSA) is 70.8 Å². The zero-order valence-corrected chi connectivity index (χ0v) is 14.6. The van der Waals surface area contributed by atoms with Gasteiger partial charge in [0, 0.05) is 18.2 Å². The number of carbonyl (C=O) groups is 2. The fraction of sp³-hybridized carbons (Fsp3) is 0.400. The first kappa shape index (κ1) is 17.3. The Labute approximate surface area is 147 Å². The molecule has 1 amide bonds. The number of carboxylic acid groups (broad SMARTS) is 1. The molecule has 1 saturated heterocycles. The average Bonchev–Trinajstić information content (AvgIpc) is 3.11. The molecule has 2 atom stereocenters. The molecule has 2 aromatic rings. The first-order chi connectivity index (χ1) is 12.0. The first-order valence-electron chi connectivity index (χ1n) is 8.72. The molecule has 0 saturated carbocycles. The van der Waals surface area contributed by atoms with Crippen LogP contribution in [0.5, 0.6) is 0 Å². The van der Waals surface area contributed by atoms with Crippen LogP contribution < -0.4 is 0 Å². The number of nitrogens with zero attached hydrogens (tertiary/aromatic N) is 1. The minimum Gasteiger partial charge on any atom is -0.481 e. The second-order valence-electron chi connectivity index (χ2n) is 6.63. The molecule has 5 heteroatoms. The van der Waals surface area contributed by atoms with E-state index in [1.807, 2.05) is 31.2 Å². The Bertz CT molecular complexity index is 762. The number of piperidine rings is 1. The van der Waals surface area contributed by atoms with Crippen molar-refractivity contribution in [3.8, 4) is 11.3 Å². The maximum Gasteiger partial charge on any atom is 0.308 e. The monoisotopic (exact) mass is 341 g/mol. The predicted octanol–water partition coefficient (Wildman–Crippen LogP) is 3.83. The van der Waals surface area contributed by atoms with E-state index in [-0.39, 0.29) is 24.3 Å². The SMILES string of the molecule is CCc1ccc(-c2ccc(C(=O)N3CC(C(=O)O)CCC3C)o2)cc1.